The van der Waals surface area contributed by atoms with Gasteiger partial charge in [-0.15, -0.1) is 0 Å². The van der Waals surface area contributed by atoms with Gasteiger partial charge in [0.15, 0.2) is 0 Å². The highest BCUT2D eigenvalue weighted by Gasteiger charge is 2.32. The van der Waals surface area contributed by atoms with E-state index in [1.807, 2.05) is 12.1 Å². The van der Waals surface area contributed by atoms with E-state index in [1.165, 1.54) is 4.31 Å². The van der Waals surface area contributed by atoms with E-state index in [1.54, 1.807) is 30.3 Å². The summed E-state index contributed by atoms with van der Waals surface area (Å²) in [6, 6.07) is 11.9. The van der Waals surface area contributed by atoms with Crippen LogP contribution in [0, 0.1) is 5.92 Å². The van der Waals surface area contributed by atoms with Gasteiger partial charge in [-0.2, -0.15) is 4.31 Å². The standard InChI is InChI=1S/C21H24Cl2N2O3S/c1-14(2)15-3-6-18(7-4-15)29(27,28)25-11-9-16(10-12-25)21(26)24-20-8-5-17(22)13-19(20)23/h3-8,13-14,16H,9-12H2,1-2H3,(H,24,26). The van der Waals surface area contributed by atoms with E-state index in [0.29, 0.717) is 47.6 Å². The molecular formula is C21H24Cl2N2O3S. The molecule has 0 atom stereocenters. The molecule has 1 amide bonds. The van der Waals surface area contributed by atoms with Gasteiger partial charge in [0.2, 0.25) is 15.9 Å². The summed E-state index contributed by atoms with van der Waals surface area (Å²) in [5.74, 6) is -0.0841. The highest BCUT2D eigenvalue weighted by molar-refractivity contribution is 7.89. The Morgan fingerprint density at radius 3 is 2.24 bits per heavy atom. The third kappa shape index (κ3) is 5.12. The molecular weight excluding hydrogens is 431 g/mol. The average Bonchev–Trinajstić information content (AvgIpc) is 2.70. The van der Waals surface area contributed by atoms with E-state index in [9.17, 15) is 13.2 Å². The topological polar surface area (TPSA) is 66.5 Å². The summed E-state index contributed by atoms with van der Waals surface area (Å²) >= 11 is 12.0. The van der Waals surface area contributed by atoms with Crippen LogP contribution in [0.2, 0.25) is 10.0 Å². The first-order valence-corrected chi connectivity index (χ1v) is 11.7. The number of amides is 1. The van der Waals surface area contributed by atoms with E-state index in [4.69, 9.17) is 23.2 Å². The summed E-state index contributed by atoms with van der Waals surface area (Å²) in [5, 5.41) is 3.68. The van der Waals surface area contributed by atoms with Gasteiger partial charge >= 0.3 is 0 Å². The van der Waals surface area contributed by atoms with Crippen LogP contribution in [0.25, 0.3) is 0 Å². The van der Waals surface area contributed by atoms with Crippen molar-refractivity contribution in [3.63, 3.8) is 0 Å². The zero-order chi connectivity index (χ0) is 21.2. The lowest BCUT2D eigenvalue weighted by Crippen LogP contribution is -2.41. The Bertz CT molecular complexity index is 983. The zero-order valence-electron chi connectivity index (χ0n) is 16.4. The molecule has 0 saturated carbocycles. The molecule has 2 aromatic rings. The minimum absolute atomic E-state index is 0.160. The molecule has 1 N–H and O–H groups in total. The van der Waals surface area contributed by atoms with E-state index in [-0.39, 0.29) is 16.7 Å². The number of benzene rings is 2. The fourth-order valence-electron chi connectivity index (χ4n) is 3.36. The maximum absolute atomic E-state index is 12.9. The Balaban J connectivity index is 1.62. The Morgan fingerprint density at radius 2 is 1.69 bits per heavy atom. The molecule has 29 heavy (non-hydrogen) atoms. The van der Waals surface area contributed by atoms with Crippen LogP contribution in [0.1, 0.15) is 38.2 Å². The van der Waals surface area contributed by atoms with Crippen molar-refractivity contribution in [2.45, 2.75) is 37.5 Å². The minimum atomic E-state index is -3.56. The second kappa shape index (κ2) is 9.04. The molecule has 0 unspecified atom stereocenters. The highest BCUT2D eigenvalue weighted by Crippen LogP contribution is 2.29. The molecule has 1 aliphatic rings. The van der Waals surface area contributed by atoms with Crippen LogP contribution >= 0.6 is 23.2 Å². The third-order valence-electron chi connectivity index (χ3n) is 5.20. The first-order valence-electron chi connectivity index (χ1n) is 9.54. The lowest BCUT2D eigenvalue weighted by Gasteiger charge is -2.30. The van der Waals surface area contributed by atoms with Crippen molar-refractivity contribution < 1.29 is 13.2 Å². The Hall–Kier alpha value is -1.60. The average molecular weight is 455 g/mol. The van der Waals surface area contributed by atoms with Gasteiger partial charge < -0.3 is 5.32 Å². The Morgan fingerprint density at radius 1 is 1.07 bits per heavy atom. The Labute approximate surface area is 182 Å². The quantitative estimate of drug-likeness (QED) is 0.678. The number of nitrogens with one attached hydrogen (secondary N) is 1. The van der Waals surface area contributed by atoms with Gasteiger partial charge in [0.05, 0.1) is 15.6 Å². The molecule has 156 valence electrons. The number of hydrogen-bond donors (Lipinski definition) is 1. The smallest absolute Gasteiger partial charge is 0.243 e. The van der Waals surface area contributed by atoms with Crippen LogP contribution in [0.3, 0.4) is 0 Å². The van der Waals surface area contributed by atoms with E-state index >= 15 is 0 Å². The summed E-state index contributed by atoms with van der Waals surface area (Å²) in [7, 11) is -3.56. The normalized spacial score (nSPS) is 16.2. The van der Waals surface area contributed by atoms with E-state index < -0.39 is 10.0 Å². The predicted molar refractivity (Wildman–Crippen MR) is 117 cm³/mol. The van der Waals surface area contributed by atoms with Crippen molar-refractivity contribution in [3.8, 4) is 0 Å². The molecule has 1 fully saturated rings. The van der Waals surface area contributed by atoms with Gasteiger partial charge in [-0.1, -0.05) is 49.2 Å². The number of carbonyl (C=O) groups excluding carboxylic acids is 1. The third-order valence-corrected chi connectivity index (χ3v) is 7.66. The predicted octanol–water partition coefficient (Wildman–Crippen LogP) is 5.16. The van der Waals surface area contributed by atoms with E-state index in [2.05, 4.69) is 19.2 Å². The van der Waals surface area contributed by atoms with Crippen LogP contribution in [-0.2, 0) is 14.8 Å². The van der Waals surface area contributed by atoms with Gasteiger partial charge in [0.25, 0.3) is 0 Å². The van der Waals surface area contributed by atoms with Gasteiger partial charge in [0, 0.05) is 24.0 Å². The molecule has 8 heteroatoms. The summed E-state index contributed by atoms with van der Waals surface area (Å²) in [4.78, 5) is 12.9. The van der Waals surface area contributed by atoms with Gasteiger partial charge in [-0.3, -0.25) is 4.79 Å². The molecule has 0 aromatic heterocycles. The van der Waals surface area contributed by atoms with Crippen LogP contribution < -0.4 is 5.32 Å². The number of hydrogen-bond acceptors (Lipinski definition) is 3. The summed E-state index contributed by atoms with van der Waals surface area (Å²) in [5.41, 5.74) is 1.60. The van der Waals surface area contributed by atoms with Crippen LogP contribution in [0.4, 0.5) is 5.69 Å². The van der Waals surface area contributed by atoms with Crippen LogP contribution in [0.5, 0.6) is 0 Å². The monoisotopic (exact) mass is 454 g/mol. The van der Waals surface area contributed by atoms with Crippen LogP contribution in [0.15, 0.2) is 47.4 Å². The van der Waals surface area contributed by atoms with E-state index in [0.717, 1.165) is 5.56 Å². The second-order valence-corrected chi connectivity index (χ2v) is 10.3. The van der Waals surface area contributed by atoms with Crippen molar-refractivity contribution >= 4 is 44.8 Å². The number of halogens is 2. The number of rotatable bonds is 5. The molecule has 0 bridgehead atoms. The number of anilines is 1. The molecule has 0 aliphatic carbocycles. The molecule has 1 saturated heterocycles. The van der Waals surface area contributed by atoms with Gasteiger partial charge in [-0.05, 0) is 54.7 Å². The van der Waals surface area contributed by atoms with Gasteiger partial charge in [-0.25, -0.2) is 8.42 Å². The first-order chi connectivity index (χ1) is 13.7. The van der Waals surface area contributed by atoms with Gasteiger partial charge in [0.1, 0.15) is 0 Å². The number of piperidine rings is 1. The first kappa shape index (κ1) is 22.1. The van der Waals surface area contributed by atoms with Crippen molar-refractivity contribution in [2.75, 3.05) is 18.4 Å². The minimum Gasteiger partial charge on any atom is -0.325 e. The maximum atomic E-state index is 12.9. The fourth-order valence-corrected chi connectivity index (χ4v) is 5.28. The van der Waals surface area contributed by atoms with Crippen molar-refractivity contribution in [1.82, 2.24) is 4.31 Å². The van der Waals surface area contributed by atoms with Crippen molar-refractivity contribution in [3.05, 3.63) is 58.1 Å². The van der Waals surface area contributed by atoms with Crippen molar-refractivity contribution in [1.29, 1.82) is 0 Å². The number of nitrogens with zero attached hydrogens (tertiary/aromatic N) is 1. The largest absolute Gasteiger partial charge is 0.325 e. The van der Waals surface area contributed by atoms with Crippen molar-refractivity contribution in [2.24, 2.45) is 5.92 Å². The summed E-state index contributed by atoms with van der Waals surface area (Å²) in [6.45, 7) is 4.74. The zero-order valence-corrected chi connectivity index (χ0v) is 18.7. The highest BCUT2D eigenvalue weighted by atomic mass is 35.5. The summed E-state index contributed by atoms with van der Waals surface area (Å²) < 4.78 is 27.3. The molecule has 1 aliphatic heterocycles. The fraction of sp³-hybridized carbons (Fsp3) is 0.381. The molecule has 3 rings (SSSR count). The molecule has 5 nitrogen and oxygen atoms in total. The lowest BCUT2D eigenvalue weighted by molar-refractivity contribution is -0.120. The molecule has 0 spiro atoms. The molecule has 1 heterocycles. The SMILES string of the molecule is CC(C)c1ccc(S(=O)(=O)N2CCC(C(=O)Nc3ccc(Cl)cc3Cl)CC2)cc1. The molecule has 0 radical (unpaired) electrons. The second-order valence-electron chi connectivity index (χ2n) is 7.52. The maximum Gasteiger partial charge on any atom is 0.243 e. The number of sulfonamides is 1. The molecule has 2 aromatic carbocycles. The van der Waals surface area contributed by atoms with Crippen LogP contribution in [-0.4, -0.2) is 31.7 Å². The Kier molecular flexibility index (Phi) is 6.89. The lowest BCUT2D eigenvalue weighted by atomic mass is 9.97. The summed E-state index contributed by atoms with van der Waals surface area (Å²) in [6.07, 6.45) is 0.917. The number of carbonyl (C=O) groups is 1.